The van der Waals surface area contributed by atoms with Gasteiger partial charge in [0.2, 0.25) is 5.91 Å². The van der Waals surface area contributed by atoms with E-state index in [2.05, 4.69) is 19.2 Å². The topological polar surface area (TPSA) is 95.9 Å². The molecule has 0 spiro atoms. The molecule has 6 nitrogen and oxygen atoms in total. The molecule has 86 heavy (non-hydrogen) atoms. The van der Waals surface area contributed by atoms with E-state index in [1.807, 2.05) is 0 Å². The van der Waals surface area contributed by atoms with E-state index in [1.165, 1.54) is 405 Å². The number of rotatable bonds is 77. The average Bonchev–Trinajstić information content (AvgIpc) is 3.58. The molecular formula is C80H159NO5. The predicted octanol–water partition coefficient (Wildman–Crippen LogP) is 26.5. The van der Waals surface area contributed by atoms with E-state index >= 15 is 0 Å². The van der Waals surface area contributed by atoms with Crippen molar-refractivity contribution in [3.63, 3.8) is 0 Å². The summed E-state index contributed by atoms with van der Waals surface area (Å²) < 4.78 is 5.50. The summed E-state index contributed by atoms with van der Waals surface area (Å²) in [6, 6.07) is -0.537. The molecule has 0 aromatic rings. The van der Waals surface area contributed by atoms with Gasteiger partial charge in [-0.25, -0.2) is 0 Å². The summed E-state index contributed by atoms with van der Waals surface area (Å²) in [5.41, 5.74) is 0. The number of amides is 1. The molecule has 0 aromatic carbocycles. The fourth-order valence-corrected chi connectivity index (χ4v) is 13.3. The Hall–Kier alpha value is -1.14. The largest absolute Gasteiger partial charge is 0.466 e. The van der Waals surface area contributed by atoms with Gasteiger partial charge in [0, 0.05) is 12.8 Å². The molecule has 0 aliphatic heterocycles. The first-order valence-corrected chi connectivity index (χ1v) is 40.3. The molecule has 0 saturated carbocycles. The Kier molecular flexibility index (Phi) is 75.3. The van der Waals surface area contributed by atoms with Crippen molar-refractivity contribution >= 4 is 11.9 Å². The average molecular weight is 1220 g/mol. The van der Waals surface area contributed by atoms with Crippen molar-refractivity contribution in [3.05, 3.63) is 0 Å². The lowest BCUT2D eigenvalue weighted by Gasteiger charge is -2.22. The normalized spacial score (nSPS) is 12.4. The second-order valence-electron chi connectivity index (χ2n) is 28.1. The summed E-state index contributed by atoms with van der Waals surface area (Å²) in [5.74, 6) is 0.00259. The molecular weight excluding hydrogens is 1050 g/mol. The quantitative estimate of drug-likeness (QED) is 0.0417. The Morgan fingerprint density at radius 2 is 0.477 bits per heavy atom. The summed E-state index contributed by atoms with van der Waals surface area (Å²) in [5, 5.41) is 23.4. The number of hydrogen-bond donors (Lipinski definition) is 3. The van der Waals surface area contributed by atoms with Gasteiger partial charge in [-0.2, -0.15) is 0 Å². The highest BCUT2D eigenvalue weighted by molar-refractivity contribution is 5.76. The third-order valence-electron chi connectivity index (χ3n) is 19.4. The first-order valence-electron chi connectivity index (χ1n) is 40.3. The van der Waals surface area contributed by atoms with Gasteiger partial charge in [-0.1, -0.05) is 438 Å². The first-order chi connectivity index (χ1) is 42.5. The van der Waals surface area contributed by atoms with Gasteiger partial charge in [0.25, 0.3) is 0 Å². The molecule has 0 radical (unpaired) electrons. The number of carbonyl (C=O) groups excluding carboxylic acids is 2. The van der Waals surface area contributed by atoms with Crippen molar-refractivity contribution in [2.24, 2.45) is 0 Å². The summed E-state index contributed by atoms with van der Waals surface area (Å²) in [6.07, 6.45) is 94.9. The lowest BCUT2D eigenvalue weighted by molar-refractivity contribution is -0.143. The zero-order valence-corrected chi connectivity index (χ0v) is 59.1. The standard InChI is InChI=1S/C80H159NO5/c1-3-5-7-9-11-13-15-17-19-20-21-39-42-45-48-52-56-60-64-68-72-78(83)77(76-82)81-79(84)73-69-65-61-57-53-49-46-43-40-37-35-33-31-29-27-25-23-22-24-26-28-30-32-34-36-38-41-44-47-51-55-59-63-67-71-75-86-80(85)74-70-66-62-58-54-50-18-16-14-12-10-8-6-4-2/h77-78,82-83H,3-76H2,1-2H3,(H,81,84). The number of ether oxygens (including phenoxy) is 1. The molecule has 0 aromatic heterocycles. The summed E-state index contributed by atoms with van der Waals surface area (Å²) in [4.78, 5) is 24.6. The molecule has 0 rings (SSSR count). The summed E-state index contributed by atoms with van der Waals surface area (Å²) in [7, 11) is 0. The van der Waals surface area contributed by atoms with Gasteiger partial charge in [0.1, 0.15) is 0 Å². The molecule has 0 saturated heterocycles. The SMILES string of the molecule is CCCCCCCCCCCCCCCCCCCCCCC(O)C(CO)NC(=O)CCCCCCCCCCCCCCCCCCCCCCCCCCCCCCCCCCCCCOC(=O)CCCCCCCCCCCCCCCC. The third kappa shape index (κ3) is 71.9. The molecule has 2 unspecified atom stereocenters. The van der Waals surface area contributed by atoms with Crippen LogP contribution < -0.4 is 5.32 Å². The lowest BCUT2D eigenvalue weighted by Crippen LogP contribution is -2.45. The number of hydrogen-bond acceptors (Lipinski definition) is 5. The number of nitrogens with one attached hydrogen (secondary N) is 1. The van der Waals surface area contributed by atoms with Crippen LogP contribution in [0.2, 0.25) is 0 Å². The third-order valence-corrected chi connectivity index (χ3v) is 19.4. The van der Waals surface area contributed by atoms with Gasteiger partial charge < -0.3 is 20.3 Å². The highest BCUT2D eigenvalue weighted by atomic mass is 16.5. The molecule has 0 bridgehead atoms. The number of aliphatic hydroxyl groups excluding tert-OH is 2. The Morgan fingerprint density at radius 1 is 0.279 bits per heavy atom. The zero-order valence-electron chi connectivity index (χ0n) is 59.1. The summed E-state index contributed by atoms with van der Waals surface area (Å²) >= 11 is 0. The van der Waals surface area contributed by atoms with Crippen LogP contribution >= 0.6 is 0 Å². The van der Waals surface area contributed by atoms with Gasteiger partial charge in [-0.15, -0.1) is 0 Å². The maximum absolute atomic E-state index is 12.6. The van der Waals surface area contributed by atoms with E-state index in [0.717, 1.165) is 38.5 Å². The maximum Gasteiger partial charge on any atom is 0.305 e. The fraction of sp³-hybridized carbons (Fsp3) is 0.975. The van der Waals surface area contributed by atoms with Crippen LogP contribution in [-0.4, -0.2) is 47.4 Å². The second-order valence-corrected chi connectivity index (χ2v) is 28.1. The van der Waals surface area contributed by atoms with Crippen LogP contribution in [0.5, 0.6) is 0 Å². The van der Waals surface area contributed by atoms with E-state index in [4.69, 9.17) is 4.74 Å². The minimum Gasteiger partial charge on any atom is -0.466 e. The smallest absolute Gasteiger partial charge is 0.305 e. The van der Waals surface area contributed by atoms with Gasteiger partial charge >= 0.3 is 5.97 Å². The van der Waals surface area contributed by atoms with Crippen molar-refractivity contribution < 1.29 is 24.5 Å². The van der Waals surface area contributed by atoms with Crippen LogP contribution in [-0.2, 0) is 14.3 Å². The Morgan fingerprint density at radius 3 is 0.709 bits per heavy atom. The molecule has 0 aliphatic carbocycles. The molecule has 0 fully saturated rings. The first kappa shape index (κ1) is 84.9. The van der Waals surface area contributed by atoms with Gasteiger partial charge in [0.15, 0.2) is 0 Å². The van der Waals surface area contributed by atoms with Gasteiger partial charge in [-0.05, 0) is 25.7 Å². The number of aliphatic hydroxyl groups is 2. The highest BCUT2D eigenvalue weighted by Crippen LogP contribution is 2.21. The highest BCUT2D eigenvalue weighted by Gasteiger charge is 2.20. The van der Waals surface area contributed by atoms with Gasteiger partial charge in [-0.3, -0.25) is 9.59 Å². The fourth-order valence-electron chi connectivity index (χ4n) is 13.3. The zero-order chi connectivity index (χ0) is 62.0. The van der Waals surface area contributed by atoms with Crippen LogP contribution in [0.4, 0.5) is 0 Å². The minimum atomic E-state index is -0.660. The van der Waals surface area contributed by atoms with E-state index in [1.54, 1.807) is 0 Å². The molecule has 0 aliphatic rings. The van der Waals surface area contributed by atoms with Crippen molar-refractivity contribution in [1.82, 2.24) is 5.32 Å². The van der Waals surface area contributed by atoms with Crippen LogP contribution in [0.3, 0.4) is 0 Å². The summed E-state index contributed by atoms with van der Waals surface area (Å²) in [6.45, 7) is 5.02. The van der Waals surface area contributed by atoms with Crippen LogP contribution in [0.15, 0.2) is 0 Å². The van der Waals surface area contributed by atoms with Crippen molar-refractivity contribution in [3.8, 4) is 0 Å². The van der Waals surface area contributed by atoms with Crippen molar-refractivity contribution in [2.45, 2.75) is 488 Å². The maximum atomic E-state index is 12.6. The van der Waals surface area contributed by atoms with E-state index in [0.29, 0.717) is 25.9 Å². The molecule has 514 valence electrons. The Bertz CT molecular complexity index is 1260. The van der Waals surface area contributed by atoms with E-state index in [-0.39, 0.29) is 18.5 Å². The molecule has 2 atom stereocenters. The molecule has 3 N–H and O–H groups in total. The molecule has 1 amide bonds. The molecule has 0 heterocycles. The van der Waals surface area contributed by atoms with E-state index in [9.17, 15) is 19.8 Å². The molecule has 6 heteroatoms. The van der Waals surface area contributed by atoms with Crippen LogP contribution in [0, 0.1) is 0 Å². The Labute approximate surface area is 540 Å². The van der Waals surface area contributed by atoms with Crippen LogP contribution in [0.25, 0.3) is 0 Å². The van der Waals surface area contributed by atoms with Crippen LogP contribution in [0.1, 0.15) is 476 Å². The number of esters is 1. The Balaban J connectivity index is 3.30. The van der Waals surface area contributed by atoms with Gasteiger partial charge in [0.05, 0.1) is 25.4 Å². The predicted molar refractivity (Wildman–Crippen MR) is 380 cm³/mol. The van der Waals surface area contributed by atoms with E-state index < -0.39 is 12.1 Å². The van der Waals surface area contributed by atoms with Crippen molar-refractivity contribution in [1.29, 1.82) is 0 Å². The number of unbranched alkanes of at least 4 members (excludes halogenated alkanes) is 66. The number of carbonyl (C=O) groups is 2. The monoisotopic (exact) mass is 1210 g/mol. The van der Waals surface area contributed by atoms with Crippen molar-refractivity contribution in [2.75, 3.05) is 13.2 Å². The second kappa shape index (κ2) is 76.3. The minimum absolute atomic E-state index is 0.0237. The lowest BCUT2D eigenvalue weighted by atomic mass is 10.0.